The molecule has 0 saturated carbocycles. The number of rotatable bonds is 8. The highest BCUT2D eigenvalue weighted by molar-refractivity contribution is 14.0. The number of benzene rings is 1. The first-order chi connectivity index (χ1) is 13.8. The third-order valence-electron chi connectivity index (χ3n) is 5.46. The highest BCUT2D eigenvalue weighted by atomic mass is 127. The molecule has 0 spiro atoms. The Kier molecular flexibility index (Phi) is 11.1. The summed E-state index contributed by atoms with van der Waals surface area (Å²) in [7, 11) is 0. The summed E-state index contributed by atoms with van der Waals surface area (Å²) in [4.78, 5) is 9.87. The zero-order valence-corrected chi connectivity index (χ0v) is 20.3. The molecule has 164 valence electrons. The van der Waals surface area contributed by atoms with Gasteiger partial charge in [-0.1, -0.05) is 17.7 Å². The Morgan fingerprint density at radius 3 is 2.66 bits per heavy atom. The molecule has 1 aromatic carbocycles. The predicted octanol–water partition coefficient (Wildman–Crippen LogP) is 3.14. The standard InChI is InChI=1S/C22H36N4O2.HI/c1-3-23-22(26-12-10-20(18-26)25-13-16-27-17-14-25)24-11-4-5-15-28-21-8-6-19(2)7-9-21;/h6-9,20H,3-5,10-18H2,1-2H3,(H,23,24);1H. The Balaban J connectivity index is 0.00000300. The zero-order valence-electron chi connectivity index (χ0n) is 17.9. The lowest BCUT2D eigenvalue weighted by Gasteiger charge is -2.32. The summed E-state index contributed by atoms with van der Waals surface area (Å²) in [5.74, 6) is 2.02. The molecule has 1 N–H and O–H groups in total. The van der Waals surface area contributed by atoms with Crippen molar-refractivity contribution < 1.29 is 9.47 Å². The molecule has 0 radical (unpaired) electrons. The van der Waals surface area contributed by atoms with E-state index in [-0.39, 0.29) is 24.0 Å². The van der Waals surface area contributed by atoms with E-state index >= 15 is 0 Å². The topological polar surface area (TPSA) is 49.3 Å². The number of aryl methyl sites for hydroxylation is 1. The second-order valence-corrected chi connectivity index (χ2v) is 7.64. The van der Waals surface area contributed by atoms with Crippen molar-refractivity contribution in [1.29, 1.82) is 0 Å². The van der Waals surface area contributed by atoms with Crippen LogP contribution in [0.15, 0.2) is 29.3 Å². The number of nitrogens with zero attached hydrogens (tertiary/aromatic N) is 3. The number of nitrogens with one attached hydrogen (secondary N) is 1. The lowest BCUT2D eigenvalue weighted by molar-refractivity contribution is 0.0195. The van der Waals surface area contributed by atoms with Crippen LogP contribution in [0.5, 0.6) is 5.75 Å². The van der Waals surface area contributed by atoms with Crippen molar-refractivity contribution in [3.63, 3.8) is 0 Å². The van der Waals surface area contributed by atoms with Crippen LogP contribution in [0.25, 0.3) is 0 Å². The molecule has 7 heteroatoms. The molecule has 2 fully saturated rings. The van der Waals surface area contributed by atoms with Crippen LogP contribution in [0.3, 0.4) is 0 Å². The first-order valence-electron chi connectivity index (χ1n) is 10.8. The number of aliphatic imine (C=N–C) groups is 1. The van der Waals surface area contributed by atoms with Crippen molar-refractivity contribution in [2.75, 3.05) is 59.1 Å². The normalized spacial score (nSPS) is 20.4. The van der Waals surface area contributed by atoms with Crippen LogP contribution in [-0.4, -0.2) is 80.9 Å². The van der Waals surface area contributed by atoms with Crippen LogP contribution in [0.4, 0.5) is 0 Å². The maximum Gasteiger partial charge on any atom is 0.193 e. The van der Waals surface area contributed by atoms with Crippen LogP contribution < -0.4 is 10.1 Å². The molecule has 1 unspecified atom stereocenters. The van der Waals surface area contributed by atoms with E-state index in [0.29, 0.717) is 6.04 Å². The van der Waals surface area contributed by atoms with Gasteiger partial charge in [0, 0.05) is 45.3 Å². The molecule has 2 aliphatic rings. The maximum absolute atomic E-state index is 5.81. The van der Waals surface area contributed by atoms with Gasteiger partial charge in [0.2, 0.25) is 0 Å². The van der Waals surface area contributed by atoms with Crippen molar-refractivity contribution in [2.24, 2.45) is 4.99 Å². The van der Waals surface area contributed by atoms with Crippen molar-refractivity contribution in [3.8, 4) is 5.75 Å². The van der Waals surface area contributed by atoms with Gasteiger partial charge in [0.15, 0.2) is 5.96 Å². The van der Waals surface area contributed by atoms with E-state index < -0.39 is 0 Å². The smallest absolute Gasteiger partial charge is 0.193 e. The Bertz CT molecular complexity index is 605. The number of halogens is 1. The predicted molar refractivity (Wildman–Crippen MR) is 130 cm³/mol. The molecule has 29 heavy (non-hydrogen) atoms. The number of unbranched alkanes of at least 4 members (excludes halogenated alkanes) is 1. The third kappa shape index (κ3) is 7.94. The van der Waals surface area contributed by atoms with Crippen molar-refractivity contribution >= 4 is 29.9 Å². The molecule has 0 aliphatic carbocycles. The van der Waals surface area contributed by atoms with Crippen LogP contribution in [0.2, 0.25) is 0 Å². The average Bonchev–Trinajstić information content (AvgIpc) is 3.22. The minimum atomic E-state index is 0. The third-order valence-corrected chi connectivity index (χ3v) is 5.46. The second-order valence-electron chi connectivity index (χ2n) is 7.64. The minimum absolute atomic E-state index is 0. The molecule has 0 bridgehead atoms. The first kappa shape index (κ1) is 24.2. The van der Waals surface area contributed by atoms with Crippen molar-refractivity contribution in [1.82, 2.24) is 15.1 Å². The molecule has 2 aliphatic heterocycles. The van der Waals surface area contributed by atoms with Gasteiger partial charge in [-0.15, -0.1) is 24.0 Å². The number of likely N-dealkylation sites (tertiary alicyclic amines) is 1. The number of hydrogen-bond acceptors (Lipinski definition) is 4. The van der Waals surface area contributed by atoms with E-state index in [2.05, 4.69) is 41.1 Å². The Labute approximate surface area is 193 Å². The van der Waals surface area contributed by atoms with E-state index in [1.165, 1.54) is 12.0 Å². The number of ether oxygens (including phenoxy) is 2. The summed E-state index contributed by atoms with van der Waals surface area (Å²) in [6.45, 7) is 12.8. The van der Waals surface area contributed by atoms with Gasteiger partial charge in [-0.25, -0.2) is 0 Å². The molecule has 3 rings (SSSR count). The number of hydrogen-bond donors (Lipinski definition) is 1. The quantitative estimate of drug-likeness (QED) is 0.249. The molecule has 0 aromatic heterocycles. The Morgan fingerprint density at radius 1 is 1.17 bits per heavy atom. The molecule has 1 atom stereocenters. The van der Waals surface area contributed by atoms with Gasteiger partial charge in [0.25, 0.3) is 0 Å². The molecule has 6 nitrogen and oxygen atoms in total. The molecule has 0 amide bonds. The average molecular weight is 516 g/mol. The molecule has 2 saturated heterocycles. The van der Waals surface area contributed by atoms with Crippen LogP contribution in [-0.2, 0) is 4.74 Å². The van der Waals surface area contributed by atoms with Gasteiger partial charge < -0.3 is 19.7 Å². The van der Waals surface area contributed by atoms with Crippen molar-refractivity contribution in [3.05, 3.63) is 29.8 Å². The van der Waals surface area contributed by atoms with Gasteiger partial charge in [0.1, 0.15) is 5.75 Å². The van der Waals surface area contributed by atoms with Gasteiger partial charge in [-0.05, 0) is 45.2 Å². The molecule has 1 aromatic rings. The minimum Gasteiger partial charge on any atom is -0.494 e. The first-order valence-corrected chi connectivity index (χ1v) is 10.8. The van der Waals surface area contributed by atoms with E-state index in [0.717, 1.165) is 83.6 Å². The fourth-order valence-electron chi connectivity index (χ4n) is 3.82. The lowest BCUT2D eigenvalue weighted by atomic mass is 10.2. The highest BCUT2D eigenvalue weighted by Gasteiger charge is 2.30. The Hall–Kier alpha value is -1.06. The summed E-state index contributed by atoms with van der Waals surface area (Å²) in [6, 6.07) is 8.88. The zero-order chi connectivity index (χ0) is 19.6. The summed E-state index contributed by atoms with van der Waals surface area (Å²) < 4.78 is 11.3. The van der Waals surface area contributed by atoms with Crippen LogP contribution in [0, 0.1) is 6.92 Å². The summed E-state index contributed by atoms with van der Waals surface area (Å²) >= 11 is 0. The largest absolute Gasteiger partial charge is 0.494 e. The van der Waals surface area contributed by atoms with Gasteiger partial charge in [-0.3, -0.25) is 9.89 Å². The van der Waals surface area contributed by atoms with E-state index in [1.54, 1.807) is 0 Å². The molecular formula is C22H37IN4O2. The number of guanidine groups is 1. The summed E-state index contributed by atoms with van der Waals surface area (Å²) in [5.41, 5.74) is 1.26. The monoisotopic (exact) mass is 516 g/mol. The van der Waals surface area contributed by atoms with Gasteiger partial charge in [0.05, 0.1) is 19.8 Å². The second kappa shape index (κ2) is 13.3. The fraction of sp³-hybridized carbons (Fsp3) is 0.682. The Morgan fingerprint density at radius 2 is 1.93 bits per heavy atom. The van der Waals surface area contributed by atoms with Crippen molar-refractivity contribution in [2.45, 2.75) is 39.2 Å². The molecule has 2 heterocycles. The van der Waals surface area contributed by atoms with E-state index in [4.69, 9.17) is 14.5 Å². The van der Waals surface area contributed by atoms with Gasteiger partial charge in [-0.2, -0.15) is 0 Å². The van der Waals surface area contributed by atoms with Crippen LogP contribution >= 0.6 is 24.0 Å². The van der Waals surface area contributed by atoms with E-state index in [9.17, 15) is 0 Å². The van der Waals surface area contributed by atoms with E-state index in [1.807, 2.05) is 12.1 Å². The van der Waals surface area contributed by atoms with Gasteiger partial charge >= 0.3 is 0 Å². The lowest BCUT2D eigenvalue weighted by Crippen LogP contribution is -2.46. The summed E-state index contributed by atoms with van der Waals surface area (Å²) in [5, 5.41) is 3.47. The summed E-state index contributed by atoms with van der Waals surface area (Å²) in [6.07, 6.45) is 3.28. The fourth-order valence-corrected chi connectivity index (χ4v) is 3.82. The SMILES string of the molecule is CCNC(=NCCCCOc1ccc(C)cc1)N1CCC(N2CCOCC2)C1.I. The van der Waals surface area contributed by atoms with Crippen LogP contribution in [0.1, 0.15) is 31.7 Å². The number of morpholine rings is 1. The highest BCUT2D eigenvalue weighted by Crippen LogP contribution is 2.17. The maximum atomic E-state index is 5.81. The molecular weight excluding hydrogens is 479 g/mol.